The molecule has 0 bridgehead atoms. The van der Waals surface area contributed by atoms with Crippen LogP contribution in [0.15, 0.2) is 30.5 Å². The van der Waals surface area contributed by atoms with Crippen molar-refractivity contribution in [3.05, 3.63) is 36.0 Å². The van der Waals surface area contributed by atoms with E-state index in [1.807, 2.05) is 24.4 Å². The third kappa shape index (κ3) is 2.63. The second kappa shape index (κ2) is 5.43. The van der Waals surface area contributed by atoms with Crippen molar-refractivity contribution in [1.29, 1.82) is 0 Å². The van der Waals surface area contributed by atoms with Gasteiger partial charge >= 0.3 is 0 Å². The normalized spacial score (nSPS) is 22.1. The minimum atomic E-state index is -3.14. The molecule has 3 rings (SSSR count). The zero-order valence-corrected chi connectivity index (χ0v) is 13.6. The van der Waals surface area contributed by atoms with Gasteiger partial charge in [0.15, 0.2) is 9.84 Å². The summed E-state index contributed by atoms with van der Waals surface area (Å²) in [5.41, 5.74) is 1.57. The fraction of sp³-hybridized carbons (Fsp3) is 0.438. The van der Waals surface area contributed by atoms with E-state index in [1.165, 1.54) is 6.26 Å². The van der Waals surface area contributed by atoms with Crippen molar-refractivity contribution in [2.75, 3.05) is 13.3 Å². The maximum Gasteiger partial charge on any atom is 0.253 e. The average molecular weight is 320 g/mol. The highest BCUT2D eigenvalue weighted by atomic mass is 32.2. The van der Waals surface area contributed by atoms with E-state index in [2.05, 4.69) is 4.98 Å². The van der Waals surface area contributed by atoms with E-state index < -0.39 is 15.1 Å². The Morgan fingerprint density at radius 3 is 2.77 bits per heavy atom. The molecule has 22 heavy (non-hydrogen) atoms. The smallest absolute Gasteiger partial charge is 0.253 e. The minimum absolute atomic E-state index is 0.122. The summed E-state index contributed by atoms with van der Waals surface area (Å²) < 4.78 is 23.8. The van der Waals surface area contributed by atoms with Gasteiger partial charge in [-0.3, -0.25) is 4.79 Å². The van der Waals surface area contributed by atoms with E-state index in [0.29, 0.717) is 12.0 Å². The van der Waals surface area contributed by atoms with Crippen LogP contribution in [-0.2, 0) is 9.84 Å². The first-order chi connectivity index (χ1) is 10.4. The molecule has 1 aliphatic rings. The van der Waals surface area contributed by atoms with Crippen LogP contribution in [0, 0.1) is 0 Å². The average Bonchev–Trinajstić information content (AvgIpc) is 3.12. The number of aromatic nitrogens is 1. The van der Waals surface area contributed by atoms with Gasteiger partial charge in [-0.2, -0.15) is 0 Å². The van der Waals surface area contributed by atoms with Crippen LogP contribution in [0.1, 0.15) is 29.6 Å². The van der Waals surface area contributed by atoms with Crippen LogP contribution in [-0.4, -0.2) is 48.8 Å². The van der Waals surface area contributed by atoms with Crippen LogP contribution in [0.4, 0.5) is 0 Å². The molecule has 5 nitrogen and oxygen atoms in total. The number of nitrogens with one attached hydrogen (secondary N) is 1. The summed E-state index contributed by atoms with van der Waals surface area (Å²) in [7, 11) is -1.43. The number of aromatic amines is 1. The van der Waals surface area contributed by atoms with Crippen LogP contribution in [0.2, 0.25) is 0 Å². The Balaban J connectivity index is 1.87. The summed E-state index contributed by atoms with van der Waals surface area (Å²) in [5, 5.41) is 0.530. The fourth-order valence-corrected chi connectivity index (χ4v) is 4.87. The van der Waals surface area contributed by atoms with Crippen molar-refractivity contribution >= 4 is 26.6 Å². The molecule has 0 radical (unpaired) electrons. The summed E-state index contributed by atoms with van der Waals surface area (Å²) in [6.45, 7) is 0. The van der Waals surface area contributed by atoms with E-state index >= 15 is 0 Å². The lowest BCUT2D eigenvalue weighted by Crippen LogP contribution is -2.44. The number of nitrogens with zero attached hydrogens (tertiary/aromatic N) is 1. The Hall–Kier alpha value is -1.82. The predicted molar refractivity (Wildman–Crippen MR) is 86.7 cm³/mol. The van der Waals surface area contributed by atoms with E-state index in [9.17, 15) is 13.2 Å². The van der Waals surface area contributed by atoms with Gasteiger partial charge in [-0.15, -0.1) is 0 Å². The number of hydrogen-bond acceptors (Lipinski definition) is 3. The van der Waals surface area contributed by atoms with E-state index in [4.69, 9.17) is 0 Å². The number of rotatable bonds is 3. The standard InChI is InChI=1S/C16H20N2O3S/c1-18(14-4-3-5-15(14)22(2,20)21)16(19)12-6-7-13-11(10-12)8-9-17-13/h6-10,14-15,17H,3-5H2,1-2H3/t14-,15-/m1/s1. The topological polar surface area (TPSA) is 70.2 Å². The van der Waals surface area contributed by atoms with Gasteiger partial charge in [-0.1, -0.05) is 0 Å². The molecule has 1 fully saturated rings. The van der Waals surface area contributed by atoms with Gasteiger partial charge in [0.2, 0.25) is 0 Å². The second-order valence-corrected chi connectivity index (χ2v) is 8.33. The first kappa shape index (κ1) is 15.1. The van der Waals surface area contributed by atoms with Gasteiger partial charge in [0.05, 0.1) is 5.25 Å². The fourth-order valence-electron chi connectivity index (χ4n) is 3.39. The molecule has 0 saturated heterocycles. The molecular weight excluding hydrogens is 300 g/mol. The molecule has 118 valence electrons. The zero-order chi connectivity index (χ0) is 15.9. The van der Waals surface area contributed by atoms with Crippen molar-refractivity contribution in [2.45, 2.75) is 30.6 Å². The van der Waals surface area contributed by atoms with Crippen molar-refractivity contribution in [3.63, 3.8) is 0 Å². The van der Waals surface area contributed by atoms with Crippen molar-refractivity contribution in [2.24, 2.45) is 0 Å². The van der Waals surface area contributed by atoms with Crippen molar-refractivity contribution in [1.82, 2.24) is 9.88 Å². The maximum absolute atomic E-state index is 12.7. The lowest BCUT2D eigenvalue weighted by molar-refractivity contribution is 0.0737. The summed E-state index contributed by atoms with van der Waals surface area (Å²) >= 11 is 0. The van der Waals surface area contributed by atoms with E-state index in [1.54, 1.807) is 18.0 Å². The molecule has 2 atom stereocenters. The molecule has 1 heterocycles. The van der Waals surface area contributed by atoms with Gasteiger partial charge < -0.3 is 9.88 Å². The number of carbonyl (C=O) groups is 1. The predicted octanol–water partition coefficient (Wildman–Crippen LogP) is 2.21. The summed E-state index contributed by atoms with van der Waals surface area (Å²) in [4.78, 5) is 17.4. The van der Waals surface area contributed by atoms with E-state index in [0.717, 1.165) is 23.7 Å². The molecule has 1 aromatic carbocycles. The molecule has 1 aromatic heterocycles. The largest absolute Gasteiger partial charge is 0.361 e. The first-order valence-corrected chi connectivity index (χ1v) is 9.36. The number of carbonyl (C=O) groups excluding carboxylic acids is 1. The van der Waals surface area contributed by atoms with Crippen LogP contribution < -0.4 is 0 Å². The molecule has 1 saturated carbocycles. The Morgan fingerprint density at radius 1 is 1.27 bits per heavy atom. The molecule has 6 heteroatoms. The number of benzene rings is 1. The van der Waals surface area contributed by atoms with Gasteiger partial charge in [-0.25, -0.2) is 8.42 Å². The molecule has 1 aliphatic carbocycles. The maximum atomic E-state index is 12.7. The molecule has 1 amide bonds. The third-order valence-electron chi connectivity index (χ3n) is 4.59. The van der Waals surface area contributed by atoms with Gasteiger partial charge in [-0.05, 0) is 43.5 Å². The Bertz CT molecular complexity index is 810. The quantitative estimate of drug-likeness (QED) is 0.942. The Morgan fingerprint density at radius 2 is 2.05 bits per heavy atom. The summed E-state index contributed by atoms with van der Waals surface area (Å²) in [6.07, 6.45) is 5.32. The highest BCUT2D eigenvalue weighted by Gasteiger charge is 2.38. The highest BCUT2D eigenvalue weighted by Crippen LogP contribution is 2.29. The Labute approximate surface area is 130 Å². The molecular formula is C16H20N2O3S. The number of sulfone groups is 1. The molecule has 0 aliphatic heterocycles. The third-order valence-corrected chi connectivity index (χ3v) is 6.24. The summed E-state index contributed by atoms with van der Waals surface area (Å²) in [5.74, 6) is -0.122. The number of fused-ring (bicyclic) bond motifs is 1. The van der Waals surface area contributed by atoms with Gasteiger partial charge in [0, 0.05) is 42.0 Å². The monoisotopic (exact) mass is 320 g/mol. The van der Waals surface area contributed by atoms with Crippen LogP contribution in [0.5, 0.6) is 0 Å². The molecule has 2 aromatic rings. The van der Waals surface area contributed by atoms with Crippen molar-refractivity contribution in [3.8, 4) is 0 Å². The second-order valence-electron chi connectivity index (χ2n) is 6.06. The van der Waals surface area contributed by atoms with Crippen molar-refractivity contribution < 1.29 is 13.2 Å². The van der Waals surface area contributed by atoms with Crippen LogP contribution in [0.25, 0.3) is 10.9 Å². The lowest BCUT2D eigenvalue weighted by Gasteiger charge is -2.29. The molecule has 0 unspecified atom stereocenters. The summed E-state index contributed by atoms with van der Waals surface area (Å²) in [6, 6.07) is 7.18. The van der Waals surface area contributed by atoms with E-state index in [-0.39, 0.29) is 11.9 Å². The lowest BCUT2D eigenvalue weighted by atomic mass is 10.1. The number of hydrogen-bond donors (Lipinski definition) is 1. The molecule has 0 spiro atoms. The van der Waals surface area contributed by atoms with Gasteiger partial charge in [0.25, 0.3) is 5.91 Å². The first-order valence-electron chi connectivity index (χ1n) is 7.41. The van der Waals surface area contributed by atoms with Crippen LogP contribution in [0.3, 0.4) is 0 Å². The molecule has 1 N–H and O–H groups in total. The highest BCUT2D eigenvalue weighted by molar-refractivity contribution is 7.91. The zero-order valence-electron chi connectivity index (χ0n) is 12.7. The number of H-pyrrole nitrogens is 1. The van der Waals surface area contributed by atoms with Crippen LogP contribution >= 0.6 is 0 Å². The Kier molecular flexibility index (Phi) is 3.72. The SMILES string of the molecule is CN(C(=O)c1ccc2[nH]ccc2c1)[C@@H]1CCC[C@H]1S(C)(=O)=O. The number of amides is 1. The minimum Gasteiger partial charge on any atom is -0.361 e. The van der Waals surface area contributed by atoms with Gasteiger partial charge in [0.1, 0.15) is 0 Å².